The van der Waals surface area contributed by atoms with E-state index in [0.717, 1.165) is 37.7 Å². The molecule has 2 fully saturated rings. The Kier molecular flexibility index (Phi) is 13.9. The molecule has 376 valence electrons. The van der Waals surface area contributed by atoms with E-state index in [2.05, 4.69) is 128 Å². The van der Waals surface area contributed by atoms with Crippen molar-refractivity contribution < 1.29 is 27.5 Å². The summed E-state index contributed by atoms with van der Waals surface area (Å²) in [5, 5.41) is 15.3. The number of nitrogens with zero attached hydrogens (tertiary/aromatic N) is 5. The number of rotatable bonds is 15. The van der Waals surface area contributed by atoms with Crippen molar-refractivity contribution in [2.45, 2.75) is 147 Å². The second kappa shape index (κ2) is 19.4. The third-order valence-corrected chi connectivity index (χ3v) is 27.1. The lowest BCUT2D eigenvalue weighted by atomic mass is 9.94. The monoisotopic (exact) mass is 998 g/mol. The van der Waals surface area contributed by atoms with E-state index in [1.54, 1.807) is 19.2 Å². The average Bonchev–Trinajstić information content (AvgIpc) is 3.88. The van der Waals surface area contributed by atoms with E-state index in [0.29, 0.717) is 46.3 Å². The fraction of sp³-hybridized carbons (Fsp3) is 0.466. The van der Waals surface area contributed by atoms with Crippen LogP contribution in [0.15, 0.2) is 103 Å². The maximum Gasteiger partial charge on any atom is 0.319 e. The molecule has 1 N–H and O–H groups in total. The minimum Gasteiger partial charge on any atom is -0.543 e. The van der Waals surface area contributed by atoms with E-state index >= 15 is 8.78 Å². The number of anilines is 1. The van der Waals surface area contributed by atoms with Gasteiger partial charge in [0.05, 0.1) is 29.2 Å². The van der Waals surface area contributed by atoms with Gasteiger partial charge in [-0.25, -0.2) is 8.78 Å². The number of benzene rings is 4. The molecule has 0 radical (unpaired) electrons. The molecule has 0 bridgehead atoms. The van der Waals surface area contributed by atoms with Gasteiger partial charge in [0, 0.05) is 24.5 Å². The van der Waals surface area contributed by atoms with Crippen molar-refractivity contribution in [2.24, 2.45) is 0 Å². The molecular weight excluding hydrogens is 925 g/mol. The first-order chi connectivity index (χ1) is 33.7. The van der Waals surface area contributed by atoms with Gasteiger partial charge in [0.15, 0.2) is 5.82 Å². The van der Waals surface area contributed by atoms with Crippen molar-refractivity contribution in [1.82, 2.24) is 19.9 Å². The van der Waals surface area contributed by atoms with Gasteiger partial charge >= 0.3 is 6.01 Å². The van der Waals surface area contributed by atoms with Crippen molar-refractivity contribution in [3.8, 4) is 23.0 Å². The number of halogens is 2. The molecule has 3 atom stereocenters. The highest BCUT2D eigenvalue weighted by atomic mass is 28.4. The molecule has 4 aromatic carbocycles. The van der Waals surface area contributed by atoms with E-state index in [1.165, 1.54) is 16.4 Å². The SMILES string of the molecule is CCc1c(F)ccc2cc(O[Si](C(C)C)(C(C)C)C(C)C)cc(-c3ncc4c(N5C=CC[C@@](C)(O)C5)nc(OC[C@@]56CCCN5C[C@H](O[Si](c5ccccc5)(c5ccccc5)C(C)(C)C)C6)nc4c3F)c12. The lowest BCUT2D eigenvalue weighted by Crippen LogP contribution is -2.67. The van der Waals surface area contributed by atoms with Crippen LogP contribution < -0.4 is 24.4 Å². The number of aromatic nitrogens is 3. The molecule has 0 saturated carbocycles. The van der Waals surface area contributed by atoms with Gasteiger partial charge in [-0.1, -0.05) is 142 Å². The van der Waals surface area contributed by atoms with Crippen LogP contribution in [0.2, 0.25) is 21.7 Å². The van der Waals surface area contributed by atoms with Gasteiger partial charge in [-0.05, 0) is 112 Å². The van der Waals surface area contributed by atoms with Gasteiger partial charge in [-0.15, -0.1) is 0 Å². The Bertz CT molecular complexity index is 2870. The third-order valence-electron chi connectivity index (χ3n) is 16.0. The summed E-state index contributed by atoms with van der Waals surface area (Å²) in [4.78, 5) is 19.1. The van der Waals surface area contributed by atoms with Crippen LogP contribution in [0.1, 0.15) is 107 Å². The zero-order valence-corrected chi connectivity index (χ0v) is 45.7. The molecule has 0 unspecified atom stereocenters. The molecule has 0 aliphatic carbocycles. The maximum absolute atomic E-state index is 18.1. The second-order valence-electron chi connectivity index (χ2n) is 22.8. The predicted octanol–water partition coefficient (Wildman–Crippen LogP) is 12.3. The van der Waals surface area contributed by atoms with Crippen LogP contribution in [0.5, 0.6) is 11.8 Å². The van der Waals surface area contributed by atoms with Crippen molar-refractivity contribution in [3.05, 3.63) is 121 Å². The summed E-state index contributed by atoms with van der Waals surface area (Å²) in [6, 6.07) is 28.6. The Hall–Kier alpha value is -5.06. The number of aryl methyl sites for hydroxylation is 1. The van der Waals surface area contributed by atoms with E-state index in [4.69, 9.17) is 28.5 Å². The standard InChI is InChI=1S/C58H73F2N5O4Si2/c1-12-46-49(59)26-25-41-31-42(68-70(38(2)3,39(4)5)40(6)7)32-47(50(41)46)52-51(60)53-48(34-61-52)54(64-29-19-27-57(11,66)36-64)63-55(62-53)67-37-58-28-20-30-65(58)35-43(33-58)69-71(56(8,9)10,44-21-15-13-16-22-44)45-23-17-14-18-24-45/h13-19,21-26,29,31-32,34,38-40,43,66H,12,20,27-28,30,33,35-37H2,1-11H3/t43-,57-,58+/m1/s1. The molecule has 9 rings (SSSR count). The summed E-state index contributed by atoms with van der Waals surface area (Å²) < 4.78 is 55.6. The highest BCUT2D eigenvalue weighted by Gasteiger charge is 2.56. The van der Waals surface area contributed by atoms with Crippen LogP contribution >= 0.6 is 0 Å². The minimum atomic E-state index is -2.85. The first-order valence-corrected chi connectivity index (χ1v) is 29.9. The number of hydrogen-bond acceptors (Lipinski definition) is 9. The summed E-state index contributed by atoms with van der Waals surface area (Å²) in [7, 11) is -5.32. The van der Waals surface area contributed by atoms with Gasteiger partial charge in [0.1, 0.15) is 35.2 Å². The summed E-state index contributed by atoms with van der Waals surface area (Å²) >= 11 is 0. The minimum absolute atomic E-state index is 0.0258. The van der Waals surface area contributed by atoms with E-state index < -0.39 is 28.1 Å². The predicted molar refractivity (Wildman–Crippen MR) is 289 cm³/mol. The number of hydrogen-bond donors (Lipinski definition) is 1. The third kappa shape index (κ3) is 9.12. The largest absolute Gasteiger partial charge is 0.543 e. The average molecular weight is 998 g/mol. The quantitative estimate of drug-likeness (QED) is 0.101. The maximum atomic E-state index is 18.1. The van der Waals surface area contributed by atoms with E-state index in [-0.39, 0.29) is 69.5 Å². The fourth-order valence-electron chi connectivity index (χ4n) is 12.9. The van der Waals surface area contributed by atoms with Crippen LogP contribution in [0, 0.1) is 11.6 Å². The molecule has 2 saturated heterocycles. The summed E-state index contributed by atoms with van der Waals surface area (Å²) in [5.41, 5.74) is 0.427. The number of β-amino-alcohol motifs (C(OH)–C–C–N with tert-alkyl or cyclic N) is 1. The van der Waals surface area contributed by atoms with Crippen molar-refractivity contribution in [2.75, 3.05) is 31.1 Å². The van der Waals surface area contributed by atoms with Gasteiger partial charge in [-0.3, -0.25) is 9.88 Å². The van der Waals surface area contributed by atoms with E-state index in [9.17, 15) is 5.11 Å². The molecule has 5 heterocycles. The fourth-order valence-corrected chi connectivity index (χ4v) is 22.8. The lowest BCUT2D eigenvalue weighted by molar-refractivity contribution is 0.0684. The molecule has 71 heavy (non-hydrogen) atoms. The highest BCUT2D eigenvalue weighted by molar-refractivity contribution is 6.99. The molecule has 3 aliphatic rings. The normalized spacial score (nSPS) is 21.1. The van der Waals surface area contributed by atoms with Crippen LogP contribution in [-0.4, -0.2) is 85.1 Å². The Morgan fingerprint density at radius 3 is 2.15 bits per heavy atom. The first kappa shape index (κ1) is 50.9. The van der Waals surface area contributed by atoms with Gasteiger partial charge in [0.25, 0.3) is 16.6 Å². The highest BCUT2D eigenvalue weighted by Crippen LogP contribution is 2.47. The summed E-state index contributed by atoms with van der Waals surface area (Å²) in [5.74, 6) is -0.0356. The first-order valence-electron chi connectivity index (χ1n) is 25.9. The number of ether oxygens (including phenoxy) is 1. The smallest absolute Gasteiger partial charge is 0.319 e. The zero-order chi connectivity index (χ0) is 50.7. The Morgan fingerprint density at radius 2 is 1.55 bits per heavy atom. The van der Waals surface area contributed by atoms with Gasteiger partial charge < -0.3 is 23.6 Å². The molecule has 9 nitrogen and oxygen atoms in total. The topological polar surface area (TPSA) is 93.1 Å². The Labute approximate surface area is 421 Å². The molecule has 6 aromatic rings. The van der Waals surface area contributed by atoms with Gasteiger partial charge in [0.2, 0.25) is 0 Å². The molecule has 13 heteroatoms. The van der Waals surface area contributed by atoms with Crippen LogP contribution in [0.4, 0.5) is 14.6 Å². The van der Waals surface area contributed by atoms with Gasteiger partial charge in [-0.2, -0.15) is 9.97 Å². The van der Waals surface area contributed by atoms with Crippen LogP contribution in [0.3, 0.4) is 0 Å². The number of pyridine rings is 1. The number of fused-ring (bicyclic) bond motifs is 3. The van der Waals surface area contributed by atoms with Crippen molar-refractivity contribution >= 4 is 54.5 Å². The van der Waals surface area contributed by atoms with E-state index in [1.807, 2.05) is 36.2 Å². The van der Waals surface area contributed by atoms with Crippen molar-refractivity contribution in [1.29, 1.82) is 0 Å². The Morgan fingerprint density at radius 1 is 0.887 bits per heavy atom. The summed E-state index contributed by atoms with van der Waals surface area (Å²) in [6.45, 7) is 26.2. The summed E-state index contributed by atoms with van der Waals surface area (Å²) in [6.07, 6.45) is 8.83. The molecular formula is C58H73F2N5O4Si2. The zero-order valence-electron chi connectivity index (χ0n) is 43.7. The molecule has 3 aliphatic heterocycles. The van der Waals surface area contributed by atoms with Crippen molar-refractivity contribution in [3.63, 3.8) is 0 Å². The molecule has 0 amide bonds. The second-order valence-corrected chi connectivity index (χ2v) is 32.4. The number of aliphatic hydroxyl groups is 1. The van der Waals surface area contributed by atoms with Crippen LogP contribution in [-0.2, 0) is 10.8 Å². The Balaban J connectivity index is 1.13. The van der Waals surface area contributed by atoms with Crippen LogP contribution in [0.25, 0.3) is 32.9 Å². The lowest BCUT2D eigenvalue weighted by Gasteiger charge is -2.44. The molecule has 0 spiro atoms. The molecule has 2 aromatic heterocycles.